The molecule has 5 rings (SSSR count). The number of hydrogen-bond acceptors (Lipinski definition) is 5. The minimum absolute atomic E-state index is 0.0993. The van der Waals surface area contributed by atoms with Gasteiger partial charge in [0.2, 0.25) is 0 Å². The number of aromatic amines is 1. The highest BCUT2D eigenvalue weighted by atomic mass is 16.5. The van der Waals surface area contributed by atoms with E-state index in [2.05, 4.69) is 16.2 Å². The van der Waals surface area contributed by atoms with E-state index in [1.54, 1.807) is 30.2 Å². The van der Waals surface area contributed by atoms with Crippen LogP contribution >= 0.6 is 0 Å². The minimum Gasteiger partial charge on any atom is -0.508 e. The molecule has 3 N–H and O–H groups in total. The van der Waals surface area contributed by atoms with Crippen LogP contribution in [0.3, 0.4) is 0 Å². The van der Waals surface area contributed by atoms with Crippen molar-refractivity contribution in [1.82, 2.24) is 20.1 Å². The molecular formula is C25H24N4O4. The van der Waals surface area contributed by atoms with Crippen molar-refractivity contribution in [2.75, 3.05) is 26.7 Å². The molecule has 2 atom stereocenters. The maximum atomic E-state index is 13.5. The molecule has 1 fully saturated rings. The second-order valence-electron chi connectivity index (χ2n) is 8.21. The number of fused-ring (bicyclic) bond motifs is 4. The van der Waals surface area contributed by atoms with Crippen LogP contribution in [0.1, 0.15) is 22.9 Å². The number of phenols is 1. The first-order valence-electron chi connectivity index (χ1n) is 10.8. The molecule has 1 aromatic heterocycles. The summed E-state index contributed by atoms with van der Waals surface area (Å²) in [5, 5.41) is 14.1. The topological polar surface area (TPSA) is 97.9 Å². The first kappa shape index (κ1) is 20.9. The van der Waals surface area contributed by atoms with E-state index in [0.717, 1.165) is 33.5 Å². The summed E-state index contributed by atoms with van der Waals surface area (Å²) in [6.07, 6.45) is 5.67. The van der Waals surface area contributed by atoms with E-state index in [1.165, 1.54) is 4.90 Å². The second-order valence-corrected chi connectivity index (χ2v) is 8.21. The number of methoxy groups -OCH3 is 1. The monoisotopic (exact) mass is 444 g/mol. The number of amides is 3. The number of aromatic hydroxyl groups is 1. The Bertz CT molecular complexity index is 1290. The fourth-order valence-corrected chi connectivity index (χ4v) is 4.88. The van der Waals surface area contributed by atoms with Crippen LogP contribution in [0.25, 0.3) is 10.9 Å². The lowest BCUT2D eigenvalue weighted by atomic mass is 9.89. The lowest BCUT2D eigenvalue weighted by molar-refractivity contribution is -0.128. The molecule has 3 amide bonds. The number of ether oxygens (including phenoxy) is 1. The van der Waals surface area contributed by atoms with Gasteiger partial charge in [0.1, 0.15) is 23.6 Å². The van der Waals surface area contributed by atoms with Gasteiger partial charge < -0.3 is 20.1 Å². The van der Waals surface area contributed by atoms with E-state index in [0.29, 0.717) is 19.5 Å². The molecule has 8 nitrogen and oxygen atoms in total. The first-order valence-corrected chi connectivity index (χ1v) is 10.8. The Morgan fingerprint density at radius 3 is 2.88 bits per heavy atom. The third-order valence-electron chi connectivity index (χ3n) is 6.36. The predicted molar refractivity (Wildman–Crippen MR) is 123 cm³/mol. The van der Waals surface area contributed by atoms with Gasteiger partial charge in [0.15, 0.2) is 0 Å². The van der Waals surface area contributed by atoms with Gasteiger partial charge in [0, 0.05) is 36.1 Å². The van der Waals surface area contributed by atoms with Gasteiger partial charge in [-0.3, -0.25) is 14.6 Å². The molecule has 0 aliphatic carbocycles. The summed E-state index contributed by atoms with van der Waals surface area (Å²) in [4.78, 5) is 33.2. The van der Waals surface area contributed by atoms with E-state index < -0.39 is 12.1 Å². The number of phenolic OH excluding ortho intramolecular Hbond substituents is 1. The summed E-state index contributed by atoms with van der Waals surface area (Å²) in [6.45, 7) is 1.03. The summed E-state index contributed by atoms with van der Waals surface area (Å²) >= 11 is 0. The maximum Gasteiger partial charge on any atom is 0.328 e. The first-order chi connectivity index (χ1) is 16.0. The van der Waals surface area contributed by atoms with E-state index in [4.69, 9.17) is 11.2 Å². The zero-order valence-electron chi connectivity index (χ0n) is 18.2. The summed E-state index contributed by atoms with van der Waals surface area (Å²) in [5.74, 6) is 3.08. The van der Waals surface area contributed by atoms with Gasteiger partial charge in [-0.25, -0.2) is 4.79 Å². The number of aromatic nitrogens is 1. The smallest absolute Gasteiger partial charge is 0.328 e. The molecule has 0 spiro atoms. The van der Waals surface area contributed by atoms with Crippen LogP contribution in [0.4, 0.5) is 4.79 Å². The molecule has 2 aromatic carbocycles. The molecule has 3 aromatic rings. The number of terminal acetylenes is 1. The third kappa shape index (κ3) is 3.38. The van der Waals surface area contributed by atoms with E-state index in [-0.39, 0.29) is 24.2 Å². The Hall–Kier alpha value is -3.96. The number of nitrogens with zero attached hydrogens (tertiary/aromatic N) is 2. The van der Waals surface area contributed by atoms with E-state index in [1.807, 2.05) is 24.3 Å². The van der Waals surface area contributed by atoms with Crippen molar-refractivity contribution in [2.24, 2.45) is 0 Å². The summed E-state index contributed by atoms with van der Waals surface area (Å²) in [5.41, 5.74) is 3.45. The Balaban J connectivity index is 1.61. The number of carbonyl (C=O) groups is 2. The quantitative estimate of drug-likeness (QED) is 0.308. The van der Waals surface area contributed by atoms with Crippen LogP contribution in [0.5, 0.6) is 11.5 Å². The van der Waals surface area contributed by atoms with Crippen molar-refractivity contribution in [1.29, 1.82) is 0 Å². The van der Waals surface area contributed by atoms with Crippen molar-refractivity contribution in [2.45, 2.75) is 18.5 Å². The Morgan fingerprint density at radius 2 is 2.12 bits per heavy atom. The van der Waals surface area contributed by atoms with Crippen molar-refractivity contribution < 1.29 is 19.4 Å². The Kier molecular flexibility index (Phi) is 5.19. The van der Waals surface area contributed by atoms with Crippen LogP contribution in [0.15, 0.2) is 42.5 Å². The van der Waals surface area contributed by atoms with E-state index >= 15 is 0 Å². The molecule has 3 heterocycles. The number of carbonyl (C=O) groups excluding carboxylic acids is 2. The van der Waals surface area contributed by atoms with Gasteiger partial charge in [-0.1, -0.05) is 18.1 Å². The normalized spacial score (nSPS) is 19.5. The predicted octanol–water partition coefficient (Wildman–Crippen LogP) is 2.38. The van der Waals surface area contributed by atoms with Crippen LogP contribution in [0, 0.1) is 12.3 Å². The van der Waals surface area contributed by atoms with Gasteiger partial charge in [-0.2, -0.15) is 0 Å². The number of H-pyrrole nitrogens is 1. The highest BCUT2D eigenvalue weighted by Crippen LogP contribution is 2.44. The number of hydrogen-bond donors (Lipinski definition) is 3. The van der Waals surface area contributed by atoms with Crippen LogP contribution in [-0.2, 0) is 11.2 Å². The summed E-state index contributed by atoms with van der Waals surface area (Å²) in [6, 6.07) is 11.1. The molecule has 2 aliphatic heterocycles. The average Bonchev–Trinajstić information content (AvgIpc) is 3.30. The second kappa shape index (κ2) is 8.19. The summed E-state index contributed by atoms with van der Waals surface area (Å²) < 4.78 is 5.41. The number of benzene rings is 2. The number of imide groups is 1. The SMILES string of the molecule is C#CCNCCN1C(=O)[C@@H]2Cc3c([nH]c4ccc(OC)cc34)C(c3cccc(O)c3)N2C1=O. The number of nitrogens with one attached hydrogen (secondary N) is 2. The van der Waals surface area contributed by atoms with Crippen molar-refractivity contribution in [3.05, 3.63) is 59.3 Å². The van der Waals surface area contributed by atoms with Crippen molar-refractivity contribution in [3.63, 3.8) is 0 Å². The molecule has 168 valence electrons. The molecule has 0 radical (unpaired) electrons. The molecule has 1 unspecified atom stereocenters. The maximum absolute atomic E-state index is 13.5. The largest absolute Gasteiger partial charge is 0.508 e. The van der Waals surface area contributed by atoms with Gasteiger partial charge in [-0.05, 0) is 41.5 Å². The zero-order chi connectivity index (χ0) is 23.1. The molecule has 8 heteroatoms. The van der Waals surface area contributed by atoms with Crippen molar-refractivity contribution in [3.8, 4) is 23.8 Å². The van der Waals surface area contributed by atoms with Crippen LogP contribution in [0.2, 0.25) is 0 Å². The lowest BCUT2D eigenvalue weighted by Crippen LogP contribution is -2.44. The van der Waals surface area contributed by atoms with Gasteiger partial charge >= 0.3 is 6.03 Å². The fraction of sp³-hybridized carbons (Fsp3) is 0.280. The van der Waals surface area contributed by atoms with Gasteiger partial charge in [0.05, 0.1) is 13.7 Å². The standard InChI is InChI=1S/C25H24N4O4/c1-3-9-26-10-11-28-24(31)21-14-19-18-13-17(33-2)7-8-20(18)27-22(19)23(29(21)25(28)32)15-5-4-6-16(30)12-15/h1,4-8,12-13,21,23,26-27,30H,9-11,14H2,2H3/t21-,23?/m0/s1. The van der Waals surface area contributed by atoms with E-state index in [9.17, 15) is 14.7 Å². The van der Waals surface area contributed by atoms with Gasteiger partial charge in [-0.15, -0.1) is 6.42 Å². The van der Waals surface area contributed by atoms with Crippen molar-refractivity contribution >= 4 is 22.8 Å². The molecule has 0 saturated carbocycles. The third-order valence-corrected chi connectivity index (χ3v) is 6.36. The highest BCUT2D eigenvalue weighted by Gasteiger charge is 2.52. The highest BCUT2D eigenvalue weighted by molar-refractivity contribution is 6.05. The summed E-state index contributed by atoms with van der Waals surface area (Å²) in [7, 11) is 1.61. The minimum atomic E-state index is -0.629. The molecule has 2 aliphatic rings. The number of urea groups is 1. The van der Waals surface area contributed by atoms with Crippen LogP contribution < -0.4 is 10.1 Å². The molecule has 1 saturated heterocycles. The fourth-order valence-electron chi connectivity index (χ4n) is 4.88. The average molecular weight is 444 g/mol. The van der Waals surface area contributed by atoms with Gasteiger partial charge in [0.25, 0.3) is 5.91 Å². The zero-order valence-corrected chi connectivity index (χ0v) is 18.2. The lowest BCUT2D eigenvalue weighted by Gasteiger charge is -2.36. The molecular weight excluding hydrogens is 420 g/mol. The number of rotatable bonds is 6. The Labute approximate surface area is 191 Å². The molecule has 33 heavy (non-hydrogen) atoms. The Morgan fingerprint density at radius 1 is 1.27 bits per heavy atom. The van der Waals surface area contributed by atoms with Crippen LogP contribution in [-0.4, -0.2) is 64.6 Å². The molecule has 0 bridgehead atoms.